The Morgan fingerprint density at radius 3 is 1.16 bits per heavy atom. The van der Waals surface area contributed by atoms with Crippen molar-refractivity contribution in [3.63, 3.8) is 0 Å². The average Bonchev–Trinajstić information content (AvgIpc) is 2.68. The van der Waals surface area contributed by atoms with Crippen molar-refractivity contribution in [1.29, 1.82) is 0 Å². The third-order valence-electron chi connectivity index (χ3n) is 5.65. The molecule has 2 aromatic rings. The third-order valence-corrected chi connectivity index (χ3v) is 7.77. The maximum Gasteiger partial charge on any atom is 0.337 e. The van der Waals surface area contributed by atoms with Gasteiger partial charge in [-0.3, -0.25) is 0 Å². The van der Waals surface area contributed by atoms with Crippen LogP contribution in [0.5, 0.6) is 0 Å². The number of carbonyl (C=O) groups is 4. The first-order valence-electron chi connectivity index (χ1n) is 9.66. The van der Waals surface area contributed by atoms with Gasteiger partial charge < -0.3 is 20.4 Å². The Labute approximate surface area is 199 Å². The summed E-state index contributed by atoms with van der Waals surface area (Å²) in [5.74, 6) is -4.04. The van der Waals surface area contributed by atoms with E-state index in [1.807, 2.05) is 0 Å². The van der Waals surface area contributed by atoms with Gasteiger partial charge in [0.25, 0.3) is 0 Å². The second-order valence-corrected chi connectivity index (χ2v) is 8.97. The van der Waals surface area contributed by atoms with Crippen LogP contribution in [0.3, 0.4) is 0 Å². The molecule has 0 saturated carbocycles. The lowest BCUT2D eigenvalue weighted by molar-refractivity contribution is 0.0676. The molecule has 0 unspecified atom stereocenters. The van der Waals surface area contributed by atoms with Crippen molar-refractivity contribution in [3.8, 4) is 0 Å². The van der Waals surface area contributed by atoms with Crippen molar-refractivity contribution in [3.05, 3.63) is 65.6 Å². The van der Waals surface area contributed by atoms with Gasteiger partial charge in [-0.05, 0) is 105 Å². The number of fused-ring (bicyclic) bond motifs is 2. The van der Waals surface area contributed by atoms with E-state index in [4.69, 9.17) is 10.2 Å². The minimum Gasteiger partial charge on any atom is -0.478 e. The largest absolute Gasteiger partial charge is 0.478 e. The Balaban J connectivity index is 0.000000186. The highest BCUT2D eigenvalue weighted by Crippen LogP contribution is 2.39. The molecule has 0 fully saturated rings. The third kappa shape index (κ3) is 4.29. The fraction of sp³-hybridized carbons (Fsp3) is 0.273. The zero-order chi connectivity index (χ0) is 23.7. The van der Waals surface area contributed by atoms with Gasteiger partial charge in [0.05, 0.1) is 22.3 Å². The van der Waals surface area contributed by atoms with E-state index in [-0.39, 0.29) is 22.3 Å². The number of hydrogen-bond acceptors (Lipinski definition) is 4. The number of carboxylic acid groups (broad SMARTS) is 4. The maximum absolute atomic E-state index is 11.3. The summed E-state index contributed by atoms with van der Waals surface area (Å²) in [5.41, 5.74) is 3.49. The first-order chi connectivity index (χ1) is 15.1. The number of benzene rings is 2. The van der Waals surface area contributed by atoms with Gasteiger partial charge in [0.1, 0.15) is 0 Å². The van der Waals surface area contributed by atoms with Gasteiger partial charge in [-0.15, -0.1) is 0 Å². The molecule has 4 rings (SSSR count). The average molecular weight is 570 g/mol. The molecule has 0 bridgehead atoms. The van der Waals surface area contributed by atoms with Crippen LogP contribution in [0.15, 0.2) is 21.1 Å². The van der Waals surface area contributed by atoms with Crippen LogP contribution in [-0.2, 0) is 25.7 Å². The summed E-state index contributed by atoms with van der Waals surface area (Å²) in [5, 5.41) is 36.2. The SMILES string of the molecule is O=C(O)c1c(Br)c(Br)c(C(=O)O)c2c1CCCC2.O=C(O)c1ccc(C(=O)O)c2c1CC2. The van der Waals surface area contributed by atoms with Crippen LogP contribution < -0.4 is 0 Å². The molecular weight excluding hydrogens is 552 g/mol. The van der Waals surface area contributed by atoms with Gasteiger partial charge in [-0.25, -0.2) is 19.2 Å². The number of hydrogen-bond donors (Lipinski definition) is 4. The van der Waals surface area contributed by atoms with E-state index in [1.54, 1.807) is 0 Å². The molecular formula is C22H18Br2O8. The van der Waals surface area contributed by atoms with Gasteiger partial charge in [-0.2, -0.15) is 0 Å². The van der Waals surface area contributed by atoms with Gasteiger partial charge in [-0.1, -0.05) is 0 Å². The topological polar surface area (TPSA) is 149 Å². The summed E-state index contributed by atoms with van der Waals surface area (Å²) in [4.78, 5) is 44.1. The predicted molar refractivity (Wildman–Crippen MR) is 120 cm³/mol. The number of halogens is 2. The predicted octanol–water partition coefficient (Wildman–Crippen LogP) is 4.67. The molecule has 2 aliphatic carbocycles. The van der Waals surface area contributed by atoms with Crippen molar-refractivity contribution in [1.82, 2.24) is 0 Å². The molecule has 0 radical (unpaired) electrons. The molecule has 0 aliphatic heterocycles. The van der Waals surface area contributed by atoms with Gasteiger partial charge in [0.15, 0.2) is 0 Å². The van der Waals surface area contributed by atoms with E-state index in [1.165, 1.54) is 12.1 Å². The molecule has 0 spiro atoms. The summed E-state index contributed by atoms with van der Waals surface area (Å²) in [6, 6.07) is 2.73. The Kier molecular flexibility index (Phi) is 7.04. The van der Waals surface area contributed by atoms with Crippen LogP contribution in [0, 0.1) is 0 Å². The maximum atomic E-state index is 11.3. The van der Waals surface area contributed by atoms with Crippen molar-refractivity contribution in [2.75, 3.05) is 0 Å². The van der Waals surface area contributed by atoms with Crippen molar-refractivity contribution >= 4 is 55.7 Å². The zero-order valence-corrected chi connectivity index (χ0v) is 19.7. The molecule has 0 heterocycles. The van der Waals surface area contributed by atoms with E-state index >= 15 is 0 Å². The second-order valence-electron chi connectivity index (χ2n) is 7.38. The highest BCUT2D eigenvalue weighted by molar-refractivity contribution is 9.13. The van der Waals surface area contributed by atoms with E-state index in [0.717, 1.165) is 12.8 Å². The second kappa shape index (κ2) is 9.41. The lowest BCUT2D eigenvalue weighted by Gasteiger charge is -2.22. The normalized spacial score (nSPS) is 13.6. The number of rotatable bonds is 4. The van der Waals surface area contributed by atoms with Gasteiger partial charge in [0.2, 0.25) is 0 Å². The van der Waals surface area contributed by atoms with Crippen LogP contribution >= 0.6 is 31.9 Å². The van der Waals surface area contributed by atoms with Crippen molar-refractivity contribution in [2.45, 2.75) is 38.5 Å². The van der Waals surface area contributed by atoms with Crippen LogP contribution in [0.1, 0.15) is 76.5 Å². The minimum atomic E-state index is -1.03. The highest BCUT2D eigenvalue weighted by Gasteiger charge is 2.29. The molecule has 2 aliphatic rings. The molecule has 0 aromatic heterocycles. The molecule has 4 N–H and O–H groups in total. The summed E-state index contributed by atoms with van der Waals surface area (Å²) < 4.78 is 0.626. The first kappa shape index (κ1) is 23.9. The molecule has 10 heteroatoms. The van der Waals surface area contributed by atoms with Crippen molar-refractivity contribution < 1.29 is 39.6 Å². The Morgan fingerprint density at radius 1 is 0.562 bits per heavy atom. The van der Waals surface area contributed by atoms with Crippen molar-refractivity contribution in [2.24, 2.45) is 0 Å². The van der Waals surface area contributed by atoms with Crippen LogP contribution in [-0.4, -0.2) is 44.3 Å². The molecule has 0 saturated heterocycles. The summed E-state index contributed by atoms with van der Waals surface area (Å²) >= 11 is 6.38. The van der Waals surface area contributed by atoms with Gasteiger partial charge in [0, 0.05) is 8.95 Å². The molecule has 0 atom stereocenters. The van der Waals surface area contributed by atoms with Crippen LogP contribution in [0.2, 0.25) is 0 Å². The summed E-state index contributed by atoms with van der Waals surface area (Å²) in [6.45, 7) is 0. The summed E-state index contributed by atoms with van der Waals surface area (Å²) in [7, 11) is 0. The first-order valence-corrected chi connectivity index (χ1v) is 11.2. The lowest BCUT2D eigenvalue weighted by atomic mass is 9.81. The minimum absolute atomic E-state index is 0.182. The standard InChI is InChI=1S/C12H10Br2O4.C10H8O4/c13-9-7(11(15)16)5-3-1-2-4-6(5)8(10(9)14)12(17)18;11-9(12)7-3-4-8(10(13)14)6-2-1-5(6)7/h1-4H2,(H,15,16)(H,17,18);3-4H,1-2H2,(H,11,12)(H,13,14). The molecule has 8 nitrogen and oxygen atoms in total. The molecule has 32 heavy (non-hydrogen) atoms. The Morgan fingerprint density at radius 2 is 0.906 bits per heavy atom. The van der Waals surface area contributed by atoms with Gasteiger partial charge >= 0.3 is 23.9 Å². The molecule has 0 amide bonds. The smallest absolute Gasteiger partial charge is 0.337 e. The quantitative estimate of drug-likeness (QED) is 0.415. The number of carboxylic acids is 4. The lowest BCUT2D eigenvalue weighted by Crippen LogP contribution is -2.19. The number of aromatic carboxylic acids is 4. The Bertz CT molecular complexity index is 1080. The monoisotopic (exact) mass is 568 g/mol. The fourth-order valence-corrected chi connectivity index (χ4v) is 5.34. The molecule has 168 valence electrons. The molecule has 2 aromatic carbocycles. The van der Waals surface area contributed by atoms with E-state index in [2.05, 4.69) is 31.9 Å². The van der Waals surface area contributed by atoms with E-state index in [9.17, 15) is 29.4 Å². The highest BCUT2D eigenvalue weighted by atomic mass is 79.9. The fourth-order valence-electron chi connectivity index (χ4n) is 4.13. The van der Waals surface area contributed by atoms with Crippen LogP contribution in [0.25, 0.3) is 0 Å². The zero-order valence-electron chi connectivity index (χ0n) is 16.6. The Hall–Kier alpha value is -2.72. The van der Waals surface area contributed by atoms with Crippen LogP contribution in [0.4, 0.5) is 0 Å². The van der Waals surface area contributed by atoms with E-state index in [0.29, 0.717) is 56.9 Å². The van der Waals surface area contributed by atoms with E-state index < -0.39 is 23.9 Å². The summed E-state index contributed by atoms with van der Waals surface area (Å²) in [6.07, 6.45) is 4.34.